The van der Waals surface area contributed by atoms with Gasteiger partial charge in [0.1, 0.15) is 6.04 Å². The molecule has 0 radical (unpaired) electrons. The molecule has 2 atom stereocenters. The lowest BCUT2D eigenvalue weighted by molar-refractivity contribution is -0.123. The summed E-state index contributed by atoms with van der Waals surface area (Å²) in [4.78, 5) is 23.1. The number of carbonyl (C=O) groups is 2. The molecule has 2 unspecified atom stereocenters. The molecule has 0 saturated carbocycles. The van der Waals surface area contributed by atoms with E-state index in [1.165, 1.54) is 0 Å². The number of nitrogens with one attached hydrogen (secondary N) is 2. The summed E-state index contributed by atoms with van der Waals surface area (Å²) < 4.78 is 0. The van der Waals surface area contributed by atoms with Gasteiger partial charge in [0.15, 0.2) is 0 Å². The lowest BCUT2D eigenvalue weighted by atomic mass is 10.1. The van der Waals surface area contributed by atoms with Gasteiger partial charge in [0.2, 0.25) is 5.91 Å². The van der Waals surface area contributed by atoms with E-state index >= 15 is 0 Å². The summed E-state index contributed by atoms with van der Waals surface area (Å²) in [6, 6.07) is 7.17. The Labute approximate surface area is 118 Å². The first-order valence-corrected chi connectivity index (χ1v) is 6.61. The first-order valence-electron chi connectivity index (χ1n) is 6.61. The van der Waals surface area contributed by atoms with Gasteiger partial charge >= 0.3 is 6.03 Å². The minimum absolute atomic E-state index is 0.149. The van der Waals surface area contributed by atoms with E-state index in [4.69, 9.17) is 5.73 Å². The third-order valence-corrected chi connectivity index (χ3v) is 2.82. The van der Waals surface area contributed by atoms with Crippen LogP contribution in [0.3, 0.4) is 0 Å². The van der Waals surface area contributed by atoms with Crippen LogP contribution in [0.1, 0.15) is 31.4 Å². The molecule has 0 saturated heterocycles. The zero-order valence-corrected chi connectivity index (χ0v) is 11.5. The van der Waals surface area contributed by atoms with E-state index in [1.54, 1.807) is 24.3 Å². The van der Waals surface area contributed by atoms with Crippen LogP contribution in [0.25, 0.3) is 0 Å². The van der Waals surface area contributed by atoms with Crippen molar-refractivity contribution in [1.29, 1.82) is 0 Å². The summed E-state index contributed by atoms with van der Waals surface area (Å²) in [7, 11) is 0. The molecule has 6 heteroatoms. The van der Waals surface area contributed by atoms with Gasteiger partial charge in [0, 0.05) is 6.54 Å². The Morgan fingerprint density at radius 1 is 1.30 bits per heavy atom. The lowest BCUT2D eigenvalue weighted by Crippen LogP contribution is -2.44. The third-order valence-electron chi connectivity index (χ3n) is 2.82. The molecule has 110 valence electrons. The number of carbonyl (C=O) groups excluding carboxylic acids is 2. The molecular formula is C14H21N3O3. The Kier molecular flexibility index (Phi) is 6.52. The van der Waals surface area contributed by atoms with E-state index in [0.29, 0.717) is 12.0 Å². The van der Waals surface area contributed by atoms with Crippen molar-refractivity contribution < 1.29 is 14.7 Å². The first-order chi connectivity index (χ1) is 9.54. The van der Waals surface area contributed by atoms with Crippen LogP contribution in [0, 0.1) is 0 Å². The normalized spacial score (nSPS) is 13.3. The number of hydrogen-bond donors (Lipinski definition) is 4. The van der Waals surface area contributed by atoms with E-state index in [2.05, 4.69) is 10.6 Å². The monoisotopic (exact) mass is 279 g/mol. The number of aliphatic hydroxyl groups excluding tert-OH is 1. The Balaban J connectivity index is 2.68. The van der Waals surface area contributed by atoms with E-state index in [1.807, 2.05) is 13.0 Å². The van der Waals surface area contributed by atoms with Crippen molar-refractivity contribution >= 4 is 11.9 Å². The van der Waals surface area contributed by atoms with Gasteiger partial charge in [0.25, 0.3) is 0 Å². The summed E-state index contributed by atoms with van der Waals surface area (Å²) in [5, 5.41) is 14.6. The summed E-state index contributed by atoms with van der Waals surface area (Å²) >= 11 is 0. The quantitative estimate of drug-likeness (QED) is 0.589. The number of hydrogen-bond acceptors (Lipinski definition) is 3. The molecule has 0 aliphatic heterocycles. The molecule has 0 fully saturated rings. The molecule has 1 aromatic carbocycles. The summed E-state index contributed by atoms with van der Waals surface area (Å²) in [5.41, 5.74) is 5.73. The highest BCUT2D eigenvalue weighted by atomic mass is 16.3. The van der Waals surface area contributed by atoms with E-state index < -0.39 is 24.1 Å². The fourth-order valence-corrected chi connectivity index (χ4v) is 1.84. The van der Waals surface area contributed by atoms with Crippen molar-refractivity contribution in [2.45, 2.75) is 31.9 Å². The Morgan fingerprint density at radius 2 is 1.95 bits per heavy atom. The van der Waals surface area contributed by atoms with Gasteiger partial charge in [-0.2, -0.15) is 0 Å². The van der Waals surface area contributed by atoms with Crippen LogP contribution in [0.4, 0.5) is 4.79 Å². The molecular weight excluding hydrogens is 258 g/mol. The van der Waals surface area contributed by atoms with E-state index in [-0.39, 0.29) is 6.54 Å². The van der Waals surface area contributed by atoms with Crippen molar-refractivity contribution in [1.82, 2.24) is 10.6 Å². The van der Waals surface area contributed by atoms with Crippen molar-refractivity contribution in [3.63, 3.8) is 0 Å². The second-order valence-electron chi connectivity index (χ2n) is 4.54. The Hall–Kier alpha value is -2.08. The molecule has 0 bridgehead atoms. The number of rotatable bonds is 7. The highest BCUT2D eigenvalue weighted by molar-refractivity contribution is 5.87. The van der Waals surface area contributed by atoms with Gasteiger partial charge in [0.05, 0.1) is 6.10 Å². The number of nitrogens with two attached hydrogens (primary N) is 1. The molecule has 0 aromatic heterocycles. The molecule has 3 amide bonds. The van der Waals surface area contributed by atoms with Crippen LogP contribution in [0.5, 0.6) is 0 Å². The third kappa shape index (κ3) is 5.27. The van der Waals surface area contributed by atoms with Crippen LogP contribution in [-0.2, 0) is 4.79 Å². The molecule has 20 heavy (non-hydrogen) atoms. The fourth-order valence-electron chi connectivity index (χ4n) is 1.84. The number of urea groups is 1. The maximum Gasteiger partial charge on any atom is 0.313 e. The summed E-state index contributed by atoms with van der Waals surface area (Å²) in [5.74, 6) is -0.398. The molecule has 0 heterocycles. The van der Waals surface area contributed by atoms with E-state index in [0.717, 1.165) is 6.42 Å². The largest absolute Gasteiger partial charge is 0.391 e. The SMILES string of the molecule is CCCC(O)CNC(=O)C(NC(N)=O)c1ccccc1. The second-order valence-corrected chi connectivity index (χ2v) is 4.54. The molecule has 5 N–H and O–H groups in total. The minimum atomic E-state index is -0.859. The highest BCUT2D eigenvalue weighted by Crippen LogP contribution is 2.12. The molecule has 6 nitrogen and oxygen atoms in total. The molecule has 1 rings (SSSR count). The van der Waals surface area contributed by atoms with Gasteiger partial charge in [-0.15, -0.1) is 0 Å². The van der Waals surface area contributed by atoms with Crippen molar-refractivity contribution in [2.75, 3.05) is 6.54 Å². The average Bonchev–Trinajstić information content (AvgIpc) is 2.43. The van der Waals surface area contributed by atoms with Crippen LogP contribution in [0.15, 0.2) is 30.3 Å². The van der Waals surface area contributed by atoms with Crippen LogP contribution in [-0.4, -0.2) is 29.7 Å². The number of amides is 3. The zero-order valence-electron chi connectivity index (χ0n) is 11.5. The van der Waals surface area contributed by atoms with Crippen molar-refractivity contribution in [3.05, 3.63) is 35.9 Å². The Bertz CT molecular complexity index is 437. The van der Waals surface area contributed by atoms with Crippen molar-refractivity contribution in [2.24, 2.45) is 5.73 Å². The van der Waals surface area contributed by atoms with Gasteiger partial charge in [-0.25, -0.2) is 4.79 Å². The van der Waals surface area contributed by atoms with E-state index in [9.17, 15) is 14.7 Å². The predicted molar refractivity (Wildman–Crippen MR) is 75.8 cm³/mol. The topological polar surface area (TPSA) is 104 Å². The standard InChI is InChI=1S/C14H21N3O3/c1-2-6-11(18)9-16-13(19)12(17-14(15)20)10-7-4-3-5-8-10/h3-5,7-8,11-12,18H,2,6,9H2,1H3,(H,16,19)(H3,15,17,20). The molecule has 0 aliphatic carbocycles. The molecule has 1 aromatic rings. The van der Waals surface area contributed by atoms with Crippen LogP contribution >= 0.6 is 0 Å². The smallest absolute Gasteiger partial charge is 0.313 e. The molecule has 0 spiro atoms. The van der Waals surface area contributed by atoms with Gasteiger partial charge in [-0.1, -0.05) is 43.7 Å². The second kappa shape index (κ2) is 8.16. The highest BCUT2D eigenvalue weighted by Gasteiger charge is 2.21. The predicted octanol–water partition coefficient (Wildman–Crippen LogP) is 0.673. The van der Waals surface area contributed by atoms with Crippen LogP contribution < -0.4 is 16.4 Å². The maximum absolute atomic E-state index is 12.1. The van der Waals surface area contributed by atoms with Gasteiger partial charge in [-0.3, -0.25) is 4.79 Å². The zero-order chi connectivity index (χ0) is 15.0. The van der Waals surface area contributed by atoms with Crippen molar-refractivity contribution in [3.8, 4) is 0 Å². The van der Waals surface area contributed by atoms with Crippen LogP contribution in [0.2, 0.25) is 0 Å². The average molecular weight is 279 g/mol. The van der Waals surface area contributed by atoms with Gasteiger partial charge < -0.3 is 21.5 Å². The Morgan fingerprint density at radius 3 is 2.50 bits per heavy atom. The number of benzene rings is 1. The lowest BCUT2D eigenvalue weighted by Gasteiger charge is -2.19. The minimum Gasteiger partial charge on any atom is -0.391 e. The number of primary amides is 1. The maximum atomic E-state index is 12.1. The number of aliphatic hydroxyl groups is 1. The summed E-state index contributed by atoms with van der Waals surface area (Å²) in [6.45, 7) is 2.10. The first kappa shape index (κ1) is 16.0. The summed E-state index contributed by atoms with van der Waals surface area (Å²) in [6.07, 6.45) is 0.854. The fraction of sp³-hybridized carbons (Fsp3) is 0.429. The van der Waals surface area contributed by atoms with Gasteiger partial charge in [-0.05, 0) is 12.0 Å². The molecule has 0 aliphatic rings.